The molecule has 7 nitrogen and oxygen atoms in total. The number of aldehydes is 1. The van der Waals surface area contributed by atoms with Crippen LogP contribution in [0, 0.1) is 0 Å². The molecule has 0 N–H and O–H groups in total. The van der Waals surface area contributed by atoms with Gasteiger partial charge in [-0.25, -0.2) is 4.79 Å². The number of carbonyl (C=O) groups is 2. The summed E-state index contributed by atoms with van der Waals surface area (Å²) in [6.45, 7) is 2.53. The SMILES string of the molecule is O=CC(OC(=O)N1CCN(C(c2ccc3c(c2)CCO3)c2ccc3c(c2)CCO3)CC1)C(F)(F)F. The van der Waals surface area contributed by atoms with Crippen molar-refractivity contribution in [3.63, 3.8) is 0 Å². The molecule has 0 radical (unpaired) electrons. The Morgan fingerprint density at radius 2 is 1.46 bits per heavy atom. The monoisotopic (exact) mass is 490 g/mol. The summed E-state index contributed by atoms with van der Waals surface area (Å²) >= 11 is 0. The Balaban J connectivity index is 1.36. The van der Waals surface area contributed by atoms with E-state index in [1.807, 2.05) is 24.3 Å². The maximum Gasteiger partial charge on any atom is 0.432 e. The van der Waals surface area contributed by atoms with Crippen LogP contribution in [0.4, 0.5) is 18.0 Å². The fraction of sp³-hybridized carbons (Fsp3) is 0.440. The highest BCUT2D eigenvalue weighted by atomic mass is 19.4. The highest BCUT2D eigenvalue weighted by Gasteiger charge is 2.44. The zero-order valence-electron chi connectivity index (χ0n) is 18.9. The first-order valence-electron chi connectivity index (χ1n) is 11.6. The number of piperazine rings is 1. The van der Waals surface area contributed by atoms with E-state index < -0.39 is 24.7 Å². The van der Waals surface area contributed by atoms with E-state index in [4.69, 9.17) is 9.47 Å². The summed E-state index contributed by atoms with van der Waals surface area (Å²) in [5.41, 5.74) is 4.46. The van der Waals surface area contributed by atoms with Crippen LogP contribution in [0.5, 0.6) is 11.5 Å². The molecule has 3 heterocycles. The Morgan fingerprint density at radius 3 is 1.94 bits per heavy atom. The lowest BCUT2D eigenvalue weighted by Crippen LogP contribution is -2.51. The summed E-state index contributed by atoms with van der Waals surface area (Å²) in [6.07, 6.45) is -7.56. The molecule has 0 aliphatic carbocycles. The fourth-order valence-corrected chi connectivity index (χ4v) is 4.88. The van der Waals surface area contributed by atoms with Gasteiger partial charge < -0.3 is 19.1 Å². The average molecular weight is 490 g/mol. The molecule has 1 saturated heterocycles. The van der Waals surface area contributed by atoms with Crippen molar-refractivity contribution >= 4 is 12.4 Å². The summed E-state index contributed by atoms with van der Waals surface area (Å²) in [5.74, 6) is 1.77. The quantitative estimate of drug-likeness (QED) is 0.598. The first-order valence-corrected chi connectivity index (χ1v) is 11.6. The number of alkyl halides is 3. The number of nitrogens with zero attached hydrogens (tertiary/aromatic N) is 2. The molecule has 35 heavy (non-hydrogen) atoms. The predicted molar refractivity (Wildman–Crippen MR) is 119 cm³/mol. The van der Waals surface area contributed by atoms with Gasteiger partial charge in [-0.15, -0.1) is 0 Å². The van der Waals surface area contributed by atoms with Crippen LogP contribution in [-0.4, -0.2) is 73.9 Å². The number of hydrogen-bond acceptors (Lipinski definition) is 6. The van der Waals surface area contributed by atoms with Crippen molar-refractivity contribution in [2.24, 2.45) is 0 Å². The Bertz CT molecular complexity index is 1060. The maximum atomic E-state index is 12.8. The van der Waals surface area contributed by atoms with Crippen LogP contribution in [0.1, 0.15) is 28.3 Å². The number of hydrogen-bond donors (Lipinski definition) is 0. The van der Waals surface area contributed by atoms with Gasteiger partial charge in [0.2, 0.25) is 0 Å². The van der Waals surface area contributed by atoms with Crippen molar-refractivity contribution in [3.8, 4) is 11.5 Å². The predicted octanol–water partition coefficient (Wildman–Crippen LogP) is 3.53. The number of amides is 1. The summed E-state index contributed by atoms with van der Waals surface area (Å²) < 4.78 is 54.2. The highest BCUT2D eigenvalue weighted by Crippen LogP contribution is 2.37. The third kappa shape index (κ3) is 4.80. The Morgan fingerprint density at radius 1 is 0.914 bits per heavy atom. The largest absolute Gasteiger partial charge is 0.493 e. The van der Waals surface area contributed by atoms with E-state index in [2.05, 4.69) is 21.8 Å². The summed E-state index contributed by atoms with van der Waals surface area (Å²) in [4.78, 5) is 26.4. The van der Waals surface area contributed by atoms with Crippen molar-refractivity contribution < 1.29 is 37.0 Å². The minimum absolute atomic E-state index is 0.108. The van der Waals surface area contributed by atoms with Gasteiger partial charge in [0.15, 0.2) is 6.29 Å². The minimum atomic E-state index is -4.93. The van der Waals surface area contributed by atoms with E-state index in [0.29, 0.717) is 26.3 Å². The molecular formula is C25H25F3N2O5. The van der Waals surface area contributed by atoms with E-state index in [-0.39, 0.29) is 19.1 Å². The number of rotatable bonds is 5. The number of fused-ring (bicyclic) bond motifs is 2. The van der Waals surface area contributed by atoms with E-state index >= 15 is 0 Å². The van der Waals surface area contributed by atoms with Crippen molar-refractivity contribution in [1.29, 1.82) is 0 Å². The van der Waals surface area contributed by atoms with Gasteiger partial charge in [0.25, 0.3) is 6.10 Å². The molecule has 1 fully saturated rings. The molecule has 1 unspecified atom stereocenters. The van der Waals surface area contributed by atoms with Crippen LogP contribution >= 0.6 is 0 Å². The van der Waals surface area contributed by atoms with Gasteiger partial charge in [0, 0.05) is 39.0 Å². The molecule has 10 heteroatoms. The normalized spacial score (nSPS) is 18.5. The second-order valence-corrected chi connectivity index (χ2v) is 8.84. The van der Waals surface area contributed by atoms with Gasteiger partial charge in [-0.1, -0.05) is 24.3 Å². The van der Waals surface area contributed by atoms with Gasteiger partial charge >= 0.3 is 12.3 Å². The standard InChI is InChI=1S/C25H25F3N2O5/c26-25(27,28)22(15-31)35-24(32)30-9-7-29(8-10-30)23(18-1-3-20-16(13-18)5-11-33-20)19-2-4-21-17(14-19)6-12-34-21/h1-4,13-15,22-23H,5-12H2. The maximum absolute atomic E-state index is 12.8. The van der Waals surface area contributed by atoms with E-state index in [1.165, 1.54) is 4.90 Å². The van der Waals surface area contributed by atoms with Gasteiger partial charge in [0.05, 0.1) is 19.3 Å². The highest BCUT2D eigenvalue weighted by molar-refractivity contribution is 5.71. The minimum Gasteiger partial charge on any atom is -0.493 e. The molecule has 3 aliphatic heterocycles. The van der Waals surface area contributed by atoms with Crippen molar-refractivity contribution in [2.45, 2.75) is 31.2 Å². The van der Waals surface area contributed by atoms with Crippen LogP contribution in [0.3, 0.4) is 0 Å². The second-order valence-electron chi connectivity index (χ2n) is 8.84. The molecule has 0 bridgehead atoms. The fourth-order valence-electron chi connectivity index (χ4n) is 4.88. The lowest BCUT2D eigenvalue weighted by atomic mass is 9.93. The molecule has 2 aromatic carbocycles. The number of benzene rings is 2. The Kier molecular flexibility index (Phi) is 6.31. The topological polar surface area (TPSA) is 68.3 Å². The average Bonchev–Trinajstić information content (AvgIpc) is 3.51. The molecule has 1 atom stereocenters. The van der Waals surface area contributed by atoms with E-state index in [9.17, 15) is 22.8 Å². The Hall–Kier alpha value is -3.27. The van der Waals surface area contributed by atoms with E-state index in [1.54, 1.807) is 0 Å². The van der Waals surface area contributed by atoms with Crippen LogP contribution < -0.4 is 9.47 Å². The smallest absolute Gasteiger partial charge is 0.432 e. The van der Waals surface area contributed by atoms with Gasteiger partial charge in [-0.3, -0.25) is 9.69 Å². The van der Waals surface area contributed by atoms with Gasteiger partial charge in [0.1, 0.15) is 11.5 Å². The van der Waals surface area contributed by atoms with Crippen LogP contribution in [0.2, 0.25) is 0 Å². The first-order chi connectivity index (χ1) is 16.8. The molecule has 186 valence electrons. The van der Waals surface area contributed by atoms with Crippen molar-refractivity contribution in [1.82, 2.24) is 9.80 Å². The van der Waals surface area contributed by atoms with E-state index in [0.717, 1.165) is 46.6 Å². The molecule has 0 saturated carbocycles. The Labute approximate surface area is 200 Å². The zero-order valence-corrected chi connectivity index (χ0v) is 18.9. The summed E-state index contributed by atoms with van der Waals surface area (Å²) in [5, 5.41) is 0. The zero-order chi connectivity index (χ0) is 24.6. The van der Waals surface area contributed by atoms with Crippen LogP contribution in [0.15, 0.2) is 36.4 Å². The van der Waals surface area contributed by atoms with Crippen molar-refractivity contribution in [2.75, 3.05) is 39.4 Å². The molecule has 0 aromatic heterocycles. The molecule has 3 aliphatic rings. The molecule has 5 rings (SSSR count). The summed E-state index contributed by atoms with van der Waals surface area (Å²) in [6, 6.07) is 12.2. The van der Waals surface area contributed by atoms with Gasteiger partial charge in [-0.2, -0.15) is 13.2 Å². The third-order valence-corrected chi connectivity index (χ3v) is 6.67. The molecular weight excluding hydrogens is 465 g/mol. The number of carbonyl (C=O) groups excluding carboxylic acids is 2. The van der Waals surface area contributed by atoms with Crippen LogP contribution in [0.25, 0.3) is 0 Å². The number of halogens is 3. The lowest BCUT2D eigenvalue weighted by molar-refractivity contribution is -0.199. The second kappa shape index (κ2) is 9.41. The third-order valence-electron chi connectivity index (χ3n) is 6.67. The molecule has 1 amide bonds. The lowest BCUT2D eigenvalue weighted by Gasteiger charge is -2.39. The molecule has 0 spiro atoms. The summed E-state index contributed by atoms with van der Waals surface area (Å²) in [7, 11) is 0. The van der Waals surface area contributed by atoms with Gasteiger partial charge in [-0.05, 0) is 34.4 Å². The van der Waals surface area contributed by atoms with Crippen LogP contribution in [-0.2, 0) is 22.4 Å². The number of ether oxygens (including phenoxy) is 3. The van der Waals surface area contributed by atoms with Crippen molar-refractivity contribution in [3.05, 3.63) is 58.7 Å². The molecule has 2 aromatic rings. The first kappa shape index (κ1) is 23.5.